The highest BCUT2D eigenvalue weighted by Crippen LogP contribution is 2.14. The summed E-state index contributed by atoms with van der Waals surface area (Å²) in [4.78, 5) is 12.9. The summed E-state index contributed by atoms with van der Waals surface area (Å²) in [6, 6.07) is 6.93. The molecule has 0 spiro atoms. The molecule has 0 saturated carbocycles. The summed E-state index contributed by atoms with van der Waals surface area (Å²) in [7, 11) is 0. The van der Waals surface area contributed by atoms with E-state index >= 15 is 0 Å². The van der Waals surface area contributed by atoms with Crippen molar-refractivity contribution in [2.24, 2.45) is 0 Å². The van der Waals surface area contributed by atoms with Gasteiger partial charge in [-0.15, -0.1) is 0 Å². The predicted octanol–water partition coefficient (Wildman–Crippen LogP) is 1.95. The van der Waals surface area contributed by atoms with Crippen LogP contribution in [-0.2, 0) is 4.79 Å². The normalized spacial score (nSPS) is 11.1. The Morgan fingerprint density at radius 1 is 1.37 bits per heavy atom. The Balaban J connectivity index is 2.49. The van der Waals surface area contributed by atoms with Gasteiger partial charge < -0.3 is 10.4 Å². The van der Waals surface area contributed by atoms with Crippen LogP contribution in [0.2, 0.25) is 0 Å². The van der Waals surface area contributed by atoms with Crippen LogP contribution in [0.15, 0.2) is 28.7 Å². The third-order valence-electron chi connectivity index (χ3n) is 2.31. The first-order valence-electron chi connectivity index (χ1n) is 5.68. The molecule has 0 aliphatic carbocycles. The van der Waals surface area contributed by atoms with Crippen LogP contribution in [0, 0.1) is 0 Å². The van der Waals surface area contributed by atoms with Crippen LogP contribution in [0.4, 0.5) is 14.5 Å². The van der Waals surface area contributed by atoms with Crippen molar-refractivity contribution in [3.8, 4) is 0 Å². The first-order valence-corrected chi connectivity index (χ1v) is 6.47. The SMILES string of the molecule is O=C(CN(CCO)CC(F)F)Nc1ccc(Br)cc1. The van der Waals surface area contributed by atoms with Crippen molar-refractivity contribution in [3.63, 3.8) is 0 Å². The molecular formula is C12H15BrF2N2O2. The molecular weight excluding hydrogens is 322 g/mol. The molecule has 0 aromatic heterocycles. The highest BCUT2D eigenvalue weighted by molar-refractivity contribution is 9.10. The van der Waals surface area contributed by atoms with Gasteiger partial charge in [0, 0.05) is 16.7 Å². The van der Waals surface area contributed by atoms with Crippen molar-refractivity contribution < 1.29 is 18.7 Å². The number of amides is 1. The van der Waals surface area contributed by atoms with Gasteiger partial charge in [0.15, 0.2) is 0 Å². The lowest BCUT2D eigenvalue weighted by molar-refractivity contribution is -0.117. The van der Waals surface area contributed by atoms with E-state index < -0.39 is 18.9 Å². The molecule has 106 valence electrons. The number of hydrogen-bond donors (Lipinski definition) is 2. The molecule has 0 bridgehead atoms. The second kappa shape index (κ2) is 8.19. The Hall–Kier alpha value is -1.05. The molecule has 2 N–H and O–H groups in total. The topological polar surface area (TPSA) is 52.6 Å². The van der Waals surface area contributed by atoms with Crippen LogP contribution in [0.25, 0.3) is 0 Å². The summed E-state index contributed by atoms with van der Waals surface area (Å²) in [5.74, 6) is -0.392. The van der Waals surface area contributed by atoms with Crippen LogP contribution in [-0.4, -0.2) is 48.6 Å². The lowest BCUT2D eigenvalue weighted by atomic mass is 10.3. The van der Waals surface area contributed by atoms with E-state index in [1.807, 2.05) is 0 Å². The zero-order valence-electron chi connectivity index (χ0n) is 10.2. The van der Waals surface area contributed by atoms with E-state index in [0.717, 1.165) is 4.47 Å². The molecule has 0 aliphatic heterocycles. The van der Waals surface area contributed by atoms with Crippen molar-refractivity contribution in [3.05, 3.63) is 28.7 Å². The molecule has 4 nitrogen and oxygen atoms in total. The summed E-state index contributed by atoms with van der Waals surface area (Å²) in [5.41, 5.74) is 0.592. The highest BCUT2D eigenvalue weighted by atomic mass is 79.9. The van der Waals surface area contributed by atoms with Gasteiger partial charge >= 0.3 is 0 Å². The number of nitrogens with zero attached hydrogens (tertiary/aromatic N) is 1. The molecule has 0 radical (unpaired) electrons. The van der Waals surface area contributed by atoms with E-state index in [2.05, 4.69) is 21.2 Å². The van der Waals surface area contributed by atoms with E-state index in [1.165, 1.54) is 4.90 Å². The number of rotatable bonds is 7. The van der Waals surface area contributed by atoms with Gasteiger partial charge in [0.1, 0.15) is 0 Å². The van der Waals surface area contributed by atoms with Crippen molar-refractivity contribution in [1.29, 1.82) is 0 Å². The third kappa shape index (κ3) is 6.60. The quantitative estimate of drug-likeness (QED) is 0.800. The zero-order chi connectivity index (χ0) is 14.3. The monoisotopic (exact) mass is 336 g/mol. The molecule has 0 saturated heterocycles. The number of anilines is 1. The van der Waals surface area contributed by atoms with Crippen molar-refractivity contribution >= 4 is 27.5 Å². The highest BCUT2D eigenvalue weighted by Gasteiger charge is 2.15. The van der Waals surface area contributed by atoms with Crippen LogP contribution in [0.3, 0.4) is 0 Å². The molecule has 1 aromatic rings. The number of hydrogen-bond acceptors (Lipinski definition) is 3. The summed E-state index contributed by atoms with van der Waals surface area (Å²) in [6.45, 7) is -0.939. The number of nitrogens with one attached hydrogen (secondary N) is 1. The Bertz CT molecular complexity index is 401. The second-order valence-corrected chi connectivity index (χ2v) is 4.82. The smallest absolute Gasteiger partial charge is 0.251 e. The number of carbonyl (C=O) groups excluding carboxylic acids is 1. The van der Waals surface area contributed by atoms with Gasteiger partial charge in [0.2, 0.25) is 5.91 Å². The average Bonchev–Trinajstić information content (AvgIpc) is 2.31. The van der Waals surface area contributed by atoms with Crippen molar-refractivity contribution in [1.82, 2.24) is 4.90 Å². The number of aliphatic hydroxyl groups excluding tert-OH is 1. The van der Waals surface area contributed by atoms with Crippen molar-refractivity contribution in [2.75, 3.05) is 31.6 Å². The Labute approximate surface area is 118 Å². The van der Waals surface area contributed by atoms with Gasteiger partial charge in [-0.3, -0.25) is 9.69 Å². The number of alkyl halides is 2. The van der Waals surface area contributed by atoms with Gasteiger partial charge in [-0.1, -0.05) is 15.9 Å². The Kier molecular flexibility index (Phi) is 6.90. The van der Waals surface area contributed by atoms with Crippen molar-refractivity contribution in [2.45, 2.75) is 6.43 Å². The van der Waals surface area contributed by atoms with Crippen LogP contribution in [0.1, 0.15) is 0 Å². The molecule has 1 aromatic carbocycles. The maximum atomic E-state index is 12.3. The van der Waals surface area contributed by atoms with E-state index in [1.54, 1.807) is 24.3 Å². The number of carbonyl (C=O) groups is 1. The molecule has 0 atom stereocenters. The van der Waals surface area contributed by atoms with Gasteiger partial charge in [0.05, 0.1) is 19.7 Å². The fourth-order valence-electron chi connectivity index (χ4n) is 1.51. The van der Waals surface area contributed by atoms with Crippen LogP contribution < -0.4 is 5.32 Å². The molecule has 0 fully saturated rings. The Morgan fingerprint density at radius 3 is 2.53 bits per heavy atom. The summed E-state index contributed by atoms with van der Waals surface area (Å²) < 4.78 is 25.4. The third-order valence-corrected chi connectivity index (χ3v) is 2.84. The lowest BCUT2D eigenvalue weighted by Gasteiger charge is -2.20. The summed E-state index contributed by atoms with van der Waals surface area (Å²) in [5, 5.41) is 11.4. The first kappa shape index (κ1) is 16.0. The standard InChI is InChI=1S/C12H15BrF2N2O2/c13-9-1-3-10(4-2-9)16-12(19)8-17(5-6-18)7-11(14)15/h1-4,11,18H,5-8H2,(H,16,19). The fraction of sp³-hybridized carbons (Fsp3) is 0.417. The first-order chi connectivity index (χ1) is 9.01. The fourth-order valence-corrected chi connectivity index (χ4v) is 1.77. The minimum absolute atomic E-state index is 0.0398. The zero-order valence-corrected chi connectivity index (χ0v) is 11.7. The predicted molar refractivity (Wildman–Crippen MR) is 72.3 cm³/mol. The molecule has 0 aliphatic rings. The largest absolute Gasteiger partial charge is 0.395 e. The lowest BCUT2D eigenvalue weighted by Crippen LogP contribution is -2.38. The van der Waals surface area contributed by atoms with Crippen LogP contribution >= 0.6 is 15.9 Å². The van der Waals surface area contributed by atoms with E-state index in [0.29, 0.717) is 5.69 Å². The second-order valence-electron chi connectivity index (χ2n) is 3.90. The minimum atomic E-state index is -2.54. The maximum Gasteiger partial charge on any atom is 0.251 e. The molecule has 0 heterocycles. The Morgan fingerprint density at radius 2 is 2.00 bits per heavy atom. The summed E-state index contributed by atoms with van der Waals surface area (Å²) >= 11 is 3.27. The van der Waals surface area contributed by atoms with Gasteiger partial charge in [-0.25, -0.2) is 8.78 Å². The minimum Gasteiger partial charge on any atom is -0.395 e. The van der Waals surface area contributed by atoms with Gasteiger partial charge in [-0.05, 0) is 24.3 Å². The molecule has 19 heavy (non-hydrogen) atoms. The molecule has 0 unspecified atom stereocenters. The number of aliphatic hydroxyl groups is 1. The molecule has 7 heteroatoms. The van der Waals surface area contributed by atoms with E-state index in [-0.39, 0.29) is 19.7 Å². The number of halogens is 3. The molecule has 1 amide bonds. The molecule has 1 rings (SSSR count). The van der Waals surface area contributed by atoms with Gasteiger partial charge in [-0.2, -0.15) is 0 Å². The average molecular weight is 337 g/mol. The number of benzene rings is 1. The van der Waals surface area contributed by atoms with Crippen LogP contribution in [0.5, 0.6) is 0 Å². The van der Waals surface area contributed by atoms with Gasteiger partial charge in [0.25, 0.3) is 6.43 Å². The maximum absolute atomic E-state index is 12.3. The van der Waals surface area contributed by atoms with E-state index in [4.69, 9.17) is 5.11 Å². The summed E-state index contributed by atoms with van der Waals surface area (Å²) in [6.07, 6.45) is -2.54. The van der Waals surface area contributed by atoms with E-state index in [9.17, 15) is 13.6 Å².